The summed E-state index contributed by atoms with van der Waals surface area (Å²) in [5, 5.41) is 2.89. The number of anilines is 2. The molecule has 1 aromatic heterocycles. The summed E-state index contributed by atoms with van der Waals surface area (Å²) in [7, 11) is 1.65. The van der Waals surface area contributed by atoms with Gasteiger partial charge in [-0.25, -0.2) is 4.98 Å². The number of benzene rings is 2. The molecule has 0 unspecified atom stereocenters. The Hall–Kier alpha value is -3.39. The van der Waals surface area contributed by atoms with Crippen LogP contribution >= 0.6 is 0 Å². The summed E-state index contributed by atoms with van der Waals surface area (Å²) < 4.78 is 7.10. The van der Waals surface area contributed by atoms with E-state index in [0.717, 1.165) is 37.0 Å². The molecule has 0 aliphatic carbocycles. The third-order valence-corrected chi connectivity index (χ3v) is 5.24. The van der Waals surface area contributed by atoms with Crippen LogP contribution in [0.3, 0.4) is 0 Å². The van der Waals surface area contributed by atoms with Crippen LogP contribution in [-0.2, 0) is 11.3 Å². The minimum absolute atomic E-state index is 0.0261. The fourth-order valence-corrected chi connectivity index (χ4v) is 3.50. The fourth-order valence-electron chi connectivity index (χ4n) is 3.50. The topological polar surface area (TPSA) is 102 Å². The number of carbonyl (C=O) groups excluding carboxylic acids is 2. The number of amides is 2. The second kappa shape index (κ2) is 8.54. The average Bonchev–Trinajstić information content (AvgIpc) is 3.03. The average molecular weight is 407 g/mol. The van der Waals surface area contributed by atoms with Gasteiger partial charge in [0.25, 0.3) is 11.8 Å². The second-order valence-corrected chi connectivity index (χ2v) is 7.36. The van der Waals surface area contributed by atoms with Crippen molar-refractivity contribution in [3.8, 4) is 0 Å². The maximum atomic E-state index is 12.7. The molecular formula is C22H25N5O3. The van der Waals surface area contributed by atoms with E-state index in [9.17, 15) is 9.59 Å². The molecule has 2 heterocycles. The van der Waals surface area contributed by atoms with Crippen LogP contribution < -0.4 is 11.1 Å². The zero-order valence-corrected chi connectivity index (χ0v) is 16.9. The number of hydrogen-bond acceptors (Lipinski definition) is 5. The number of nitrogens with zero attached hydrogens (tertiary/aromatic N) is 3. The molecule has 1 aliphatic heterocycles. The Labute approximate surface area is 174 Å². The van der Waals surface area contributed by atoms with Crippen molar-refractivity contribution in [3.63, 3.8) is 0 Å². The fraction of sp³-hybridized carbons (Fsp3) is 0.318. The highest BCUT2D eigenvalue weighted by atomic mass is 16.5. The van der Waals surface area contributed by atoms with Gasteiger partial charge in [-0.05, 0) is 49.2 Å². The number of carbonyl (C=O) groups is 2. The monoisotopic (exact) mass is 407 g/mol. The van der Waals surface area contributed by atoms with Crippen molar-refractivity contribution in [3.05, 3.63) is 53.6 Å². The van der Waals surface area contributed by atoms with E-state index in [0.29, 0.717) is 35.9 Å². The van der Waals surface area contributed by atoms with Gasteiger partial charge in [0.05, 0.1) is 11.0 Å². The highest BCUT2D eigenvalue weighted by molar-refractivity contribution is 6.05. The van der Waals surface area contributed by atoms with Gasteiger partial charge < -0.3 is 19.9 Å². The molecule has 0 atom stereocenters. The van der Waals surface area contributed by atoms with E-state index in [1.54, 1.807) is 37.4 Å². The lowest BCUT2D eigenvalue weighted by Crippen LogP contribution is -2.42. The lowest BCUT2D eigenvalue weighted by Gasteiger charge is -2.30. The molecule has 8 nitrogen and oxygen atoms in total. The number of ether oxygens (including phenoxy) is 1. The molecular weight excluding hydrogens is 382 g/mol. The molecule has 4 rings (SSSR count). The Morgan fingerprint density at radius 1 is 1.17 bits per heavy atom. The maximum Gasteiger partial charge on any atom is 0.258 e. The minimum atomic E-state index is -0.289. The number of fused-ring (bicyclic) bond motifs is 1. The minimum Gasteiger partial charge on any atom is -0.399 e. The summed E-state index contributed by atoms with van der Waals surface area (Å²) >= 11 is 0. The second-order valence-electron chi connectivity index (χ2n) is 7.36. The molecule has 1 fully saturated rings. The number of rotatable bonds is 7. The van der Waals surface area contributed by atoms with Crippen LogP contribution in [0, 0.1) is 0 Å². The van der Waals surface area contributed by atoms with E-state index in [1.165, 1.54) is 0 Å². The number of aryl methyl sites for hydroxylation is 1. The Balaban J connectivity index is 1.67. The van der Waals surface area contributed by atoms with Crippen LogP contribution in [0.4, 0.5) is 11.6 Å². The Morgan fingerprint density at radius 2 is 2.00 bits per heavy atom. The van der Waals surface area contributed by atoms with E-state index >= 15 is 0 Å². The van der Waals surface area contributed by atoms with Crippen LogP contribution in [0.2, 0.25) is 0 Å². The number of nitrogen functional groups attached to an aromatic ring is 1. The van der Waals surface area contributed by atoms with E-state index in [1.807, 2.05) is 21.6 Å². The predicted molar refractivity (Wildman–Crippen MR) is 116 cm³/mol. The molecule has 1 saturated heterocycles. The van der Waals surface area contributed by atoms with Crippen molar-refractivity contribution in [1.29, 1.82) is 0 Å². The zero-order chi connectivity index (χ0) is 21.1. The van der Waals surface area contributed by atoms with Crippen LogP contribution in [0.5, 0.6) is 0 Å². The first kappa shape index (κ1) is 19.9. The number of hydrogen-bond donors (Lipinski definition) is 2. The van der Waals surface area contributed by atoms with E-state index < -0.39 is 0 Å². The van der Waals surface area contributed by atoms with E-state index in [2.05, 4.69) is 10.3 Å². The molecule has 1 aliphatic rings. The van der Waals surface area contributed by atoms with Crippen LogP contribution in [-0.4, -0.2) is 53.1 Å². The van der Waals surface area contributed by atoms with Crippen LogP contribution in [0.1, 0.15) is 33.6 Å². The van der Waals surface area contributed by atoms with Gasteiger partial charge in [-0.2, -0.15) is 0 Å². The quantitative estimate of drug-likeness (QED) is 0.463. The lowest BCUT2D eigenvalue weighted by molar-refractivity contribution is 0.0652. The Bertz CT molecular complexity index is 1090. The van der Waals surface area contributed by atoms with Gasteiger partial charge in [-0.3, -0.25) is 14.9 Å². The van der Waals surface area contributed by atoms with Gasteiger partial charge in [0.15, 0.2) is 0 Å². The molecule has 2 aromatic carbocycles. The number of methoxy groups -OCH3 is 1. The van der Waals surface area contributed by atoms with Crippen molar-refractivity contribution >= 4 is 34.5 Å². The van der Waals surface area contributed by atoms with Crippen molar-refractivity contribution in [2.45, 2.75) is 19.4 Å². The predicted octanol–water partition coefficient (Wildman–Crippen LogP) is 2.75. The first-order valence-electron chi connectivity index (χ1n) is 10.0. The Morgan fingerprint density at radius 3 is 2.70 bits per heavy atom. The molecule has 0 radical (unpaired) electrons. The summed E-state index contributed by atoms with van der Waals surface area (Å²) in [6.45, 7) is 2.77. The normalized spacial score (nSPS) is 13.3. The van der Waals surface area contributed by atoms with Gasteiger partial charge in [0.2, 0.25) is 5.95 Å². The van der Waals surface area contributed by atoms with Gasteiger partial charge >= 0.3 is 0 Å². The summed E-state index contributed by atoms with van der Waals surface area (Å²) in [5.74, 6) is 0.169. The van der Waals surface area contributed by atoms with Gasteiger partial charge in [-0.1, -0.05) is 6.07 Å². The first-order chi connectivity index (χ1) is 14.6. The molecule has 0 spiro atoms. The largest absolute Gasteiger partial charge is 0.399 e. The molecule has 156 valence electrons. The van der Waals surface area contributed by atoms with Gasteiger partial charge in [-0.15, -0.1) is 0 Å². The number of aromatic nitrogens is 2. The van der Waals surface area contributed by atoms with E-state index in [4.69, 9.17) is 10.5 Å². The number of nitrogens with one attached hydrogen (secondary N) is 1. The van der Waals surface area contributed by atoms with Crippen molar-refractivity contribution in [1.82, 2.24) is 14.5 Å². The summed E-state index contributed by atoms with van der Waals surface area (Å²) in [4.78, 5) is 31.8. The summed E-state index contributed by atoms with van der Waals surface area (Å²) in [6.07, 6.45) is 1.79. The number of imidazole rings is 1. The smallest absolute Gasteiger partial charge is 0.258 e. The lowest BCUT2D eigenvalue weighted by atomic mass is 10.1. The van der Waals surface area contributed by atoms with Crippen molar-refractivity contribution in [2.24, 2.45) is 0 Å². The maximum absolute atomic E-state index is 12.7. The highest BCUT2D eigenvalue weighted by Gasteiger charge is 2.23. The molecule has 3 aromatic rings. The zero-order valence-electron chi connectivity index (χ0n) is 16.9. The number of nitrogens with two attached hydrogens (primary N) is 1. The third kappa shape index (κ3) is 3.99. The molecule has 3 N–H and O–H groups in total. The summed E-state index contributed by atoms with van der Waals surface area (Å²) in [5.41, 5.74) is 8.93. The molecule has 0 bridgehead atoms. The standard InChI is InChI=1S/C22H25N5O3/c1-30-12-4-11-27-19-14-16(21(29)26-9-3-10-26)7-8-18(19)24-22(27)25-20(28)15-5-2-6-17(23)13-15/h2,5-8,13-14H,3-4,9-12,23H2,1H3,(H,24,25,28). The van der Waals surface area contributed by atoms with E-state index in [-0.39, 0.29) is 11.8 Å². The first-order valence-corrected chi connectivity index (χ1v) is 10.0. The SMILES string of the molecule is COCCCn1c(NC(=O)c2cccc(N)c2)nc2ccc(C(=O)N3CCC3)cc21. The summed E-state index contributed by atoms with van der Waals surface area (Å²) in [6, 6.07) is 12.3. The van der Waals surface area contributed by atoms with Crippen molar-refractivity contribution in [2.75, 3.05) is 37.9 Å². The van der Waals surface area contributed by atoms with Crippen LogP contribution in [0.15, 0.2) is 42.5 Å². The molecule has 30 heavy (non-hydrogen) atoms. The van der Waals surface area contributed by atoms with Crippen molar-refractivity contribution < 1.29 is 14.3 Å². The highest BCUT2D eigenvalue weighted by Crippen LogP contribution is 2.24. The van der Waals surface area contributed by atoms with Crippen LogP contribution in [0.25, 0.3) is 11.0 Å². The Kier molecular flexibility index (Phi) is 5.67. The van der Waals surface area contributed by atoms with Gasteiger partial charge in [0, 0.05) is 50.2 Å². The van der Waals surface area contributed by atoms with Gasteiger partial charge in [0.1, 0.15) is 0 Å². The third-order valence-electron chi connectivity index (χ3n) is 5.24. The molecule has 8 heteroatoms. The number of likely N-dealkylation sites (tertiary alicyclic amines) is 1. The molecule has 0 saturated carbocycles. The molecule has 2 amide bonds.